The summed E-state index contributed by atoms with van der Waals surface area (Å²) in [5.41, 5.74) is 1.73. The molecule has 0 saturated heterocycles. The van der Waals surface area contributed by atoms with Crippen molar-refractivity contribution in [3.63, 3.8) is 0 Å². The number of aryl methyl sites for hydroxylation is 1. The first-order valence-electron chi connectivity index (χ1n) is 6.63. The van der Waals surface area contributed by atoms with Crippen LogP contribution in [-0.2, 0) is 4.74 Å². The first-order valence-corrected chi connectivity index (χ1v) is 7.42. The van der Waals surface area contributed by atoms with Gasteiger partial charge >= 0.3 is 0 Å². The van der Waals surface area contributed by atoms with Crippen molar-refractivity contribution in [3.8, 4) is 0 Å². The highest BCUT2D eigenvalue weighted by molar-refractivity contribution is 9.10. The Morgan fingerprint density at radius 1 is 1.37 bits per heavy atom. The topological polar surface area (TPSA) is 38.3 Å². The van der Waals surface area contributed by atoms with Crippen LogP contribution in [-0.4, -0.2) is 25.7 Å². The van der Waals surface area contributed by atoms with Gasteiger partial charge in [0.15, 0.2) is 0 Å². The molecule has 0 aliphatic carbocycles. The van der Waals surface area contributed by atoms with Crippen LogP contribution in [0.3, 0.4) is 0 Å². The van der Waals surface area contributed by atoms with Gasteiger partial charge in [-0.05, 0) is 46.8 Å². The second kappa shape index (κ2) is 8.33. The maximum Gasteiger partial charge on any atom is 0.252 e. The van der Waals surface area contributed by atoms with E-state index in [4.69, 9.17) is 4.74 Å². The van der Waals surface area contributed by atoms with Crippen molar-refractivity contribution >= 4 is 21.8 Å². The van der Waals surface area contributed by atoms with Gasteiger partial charge in [0.25, 0.3) is 5.91 Å². The quantitative estimate of drug-likeness (QED) is 0.778. The molecule has 1 aromatic carbocycles. The van der Waals surface area contributed by atoms with E-state index >= 15 is 0 Å². The van der Waals surface area contributed by atoms with Crippen LogP contribution in [0.5, 0.6) is 0 Å². The third-order valence-electron chi connectivity index (χ3n) is 2.81. The highest BCUT2D eigenvalue weighted by atomic mass is 79.9. The van der Waals surface area contributed by atoms with E-state index in [0.717, 1.165) is 23.1 Å². The fraction of sp³-hybridized carbons (Fsp3) is 0.533. The Morgan fingerprint density at radius 3 is 2.79 bits per heavy atom. The second-order valence-electron chi connectivity index (χ2n) is 4.99. The van der Waals surface area contributed by atoms with Gasteiger partial charge in [-0.3, -0.25) is 4.79 Å². The van der Waals surface area contributed by atoms with Crippen LogP contribution in [0.4, 0.5) is 0 Å². The zero-order valence-corrected chi connectivity index (χ0v) is 13.4. The highest BCUT2D eigenvalue weighted by Crippen LogP contribution is 2.20. The lowest BCUT2D eigenvalue weighted by Crippen LogP contribution is -2.27. The molecule has 0 saturated carbocycles. The van der Waals surface area contributed by atoms with Crippen molar-refractivity contribution in [2.75, 3.05) is 19.8 Å². The van der Waals surface area contributed by atoms with Crippen LogP contribution in [0, 0.1) is 12.8 Å². The number of nitrogens with one attached hydrogen (secondary N) is 1. The summed E-state index contributed by atoms with van der Waals surface area (Å²) in [7, 11) is 0. The average molecular weight is 328 g/mol. The summed E-state index contributed by atoms with van der Waals surface area (Å²) in [4.78, 5) is 12.0. The molecule has 0 heterocycles. The van der Waals surface area contributed by atoms with E-state index in [9.17, 15) is 4.79 Å². The van der Waals surface area contributed by atoms with Crippen molar-refractivity contribution in [3.05, 3.63) is 33.8 Å². The van der Waals surface area contributed by atoms with E-state index in [-0.39, 0.29) is 5.91 Å². The van der Waals surface area contributed by atoms with Crippen molar-refractivity contribution in [1.82, 2.24) is 5.32 Å². The third-order valence-corrected chi connectivity index (χ3v) is 3.86. The third kappa shape index (κ3) is 5.74. The largest absolute Gasteiger partial charge is 0.380 e. The second-order valence-corrected chi connectivity index (χ2v) is 5.78. The summed E-state index contributed by atoms with van der Waals surface area (Å²) < 4.78 is 6.31. The minimum Gasteiger partial charge on any atom is -0.380 e. The normalized spacial score (nSPS) is 10.8. The predicted octanol–water partition coefficient (Wildman–Crippen LogP) is 3.55. The Labute approximate surface area is 123 Å². The molecule has 4 heteroatoms. The van der Waals surface area contributed by atoms with Crippen molar-refractivity contribution in [2.45, 2.75) is 27.2 Å². The summed E-state index contributed by atoms with van der Waals surface area (Å²) in [6.45, 7) is 8.15. The minimum atomic E-state index is -0.0666. The summed E-state index contributed by atoms with van der Waals surface area (Å²) in [6.07, 6.45) is 1.05. The monoisotopic (exact) mass is 327 g/mol. The van der Waals surface area contributed by atoms with E-state index in [1.54, 1.807) is 0 Å². The summed E-state index contributed by atoms with van der Waals surface area (Å²) in [5.74, 6) is 0.584. The Hall–Kier alpha value is -0.870. The van der Waals surface area contributed by atoms with Gasteiger partial charge in [0.1, 0.15) is 0 Å². The molecular formula is C15H22BrNO2. The Morgan fingerprint density at radius 2 is 2.11 bits per heavy atom. The van der Waals surface area contributed by atoms with E-state index in [0.29, 0.717) is 24.6 Å². The molecule has 0 unspecified atom stereocenters. The first kappa shape index (κ1) is 16.2. The lowest BCUT2D eigenvalue weighted by molar-refractivity contribution is 0.0905. The minimum absolute atomic E-state index is 0.0666. The number of rotatable bonds is 7. The maximum absolute atomic E-state index is 12.0. The molecule has 1 rings (SSSR count). The molecule has 106 valence electrons. The smallest absolute Gasteiger partial charge is 0.252 e. The van der Waals surface area contributed by atoms with Crippen LogP contribution in [0.15, 0.2) is 22.7 Å². The predicted molar refractivity (Wildman–Crippen MR) is 81.5 cm³/mol. The molecule has 0 spiro atoms. The molecule has 0 atom stereocenters. The fourth-order valence-electron chi connectivity index (χ4n) is 1.58. The first-order chi connectivity index (χ1) is 9.02. The van der Waals surface area contributed by atoms with Gasteiger partial charge in [-0.15, -0.1) is 0 Å². The number of halogens is 1. The van der Waals surface area contributed by atoms with Gasteiger partial charge in [-0.2, -0.15) is 0 Å². The molecule has 19 heavy (non-hydrogen) atoms. The number of benzene rings is 1. The number of carbonyl (C=O) groups is 1. The van der Waals surface area contributed by atoms with E-state index in [1.165, 1.54) is 0 Å². The van der Waals surface area contributed by atoms with Crippen LogP contribution in [0.25, 0.3) is 0 Å². The van der Waals surface area contributed by atoms with Crippen LogP contribution in [0.2, 0.25) is 0 Å². The average Bonchev–Trinajstić information content (AvgIpc) is 2.36. The molecule has 1 aromatic rings. The highest BCUT2D eigenvalue weighted by Gasteiger charge is 2.10. The standard InChI is InChI=1S/C15H22BrNO2/c1-11(2)7-9-19-10-8-17-15(18)13-6-4-5-12(3)14(13)16/h4-6,11H,7-10H2,1-3H3,(H,17,18). The molecule has 0 fully saturated rings. The summed E-state index contributed by atoms with van der Waals surface area (Å²) in [6, 6.07) is 5.66. The zero-order valence-electron chi connectivity index (χ0n) is 11.8. The lowest BCUT2D eigenvalue weighted by Gasteiger charge is -2.09. The number of carbonyl (C=O) groups excluding carboxylic acids is 1. The van der Waals surface area contributed by atoms with Gasteiger partial charge in [-0.25, -0.2) is 0 Å². The van der Waals surface area contributed by atoms with E-state index in [2.05, 4.69) is 35.1 Å². The lowest BCUT2D eigenvalue weighted by atomic mass is 10.1. The van der Waals surface area contributed by atoms with Crippen molar-refractivity contribution in [1.29, 1.82) is 0 Å². The van der Waals surface area contributed by atoms with Gasteiger partial charge in [-0.1, -0.05) is 26.0 Å². The van der Waals surface area contributed by atoms with Gasteiger partial charge in [0, 0.05) is 17.6 Å². The van der Waals surface area contributed by atoms with Gasteiger partial charge in [0.2, 0.25) is 0 Å². The molecule has 1 amide bonds. The van der Waals surface area contributed by atoms with Crippen LogP contribution < -0.4 is 5.32 Å². The summed E-state index contributed by atoms with van der Waals surface area (Å²) in [5, 5.41) is 2.86. The number of ether oxygens (including phenoxy) is 1. The molecule has 3 nitrogen and oxygen atoms in total. The number of amides is 1. The molecule has 0 radical (unpaired) electrons. The molecular weight excluding hydrogens is 306 g/mol. The number of hydrogen-bond acceptors (Lipinski definition) is 2. The summed E-state index contributed by atoms with van der Waals surface area (Å²) >= 11 is 3.44. The van der Waals surface area contributed by atoms with Gasteiger partial charge < -0.3 is 10.1 Å². The Kier molecular flexibility index (Phi) is 7.10. The van der Waals surface area contributed by atoms with Crippen molar-refractivity contribution in [2.24, 2.45) is 5.92 Å². The number of hydrogen-bond donors (Lipinski definition) is 1. The molecule has 0 aliphatic rings. The molecule has 0 bridgehead atoms. The Balaban J connectivity index is 2.30. The molecule has 0 aliphatic heterocycles. The SMILES string of the molecule is Cc1cccc(C(=O)NCCOCCC(C)C)c1Br. The Bertz CT molecular complexity index is 419. The molecule has 1 N–H and O–H groups in total. The van der Waals surface area contributed by atoms with Crippen molar-refractivity contribution < 1.29 is 9.53 Å². The van der Waals surface area contributed by atoms with Crippen LogP contribution in [0.1, 0.15) is 36.2 Å². The zero-order chi connectivity index (χ0) is 14.3. The van der Waals surface area contributed by atoms with E-state index < -0.39 is 0 Å². The van der Waals surface area contributed by atoms with Crippen LogP contribution >= 0.6 is 15.9 Å². The molecule has 0 aromatic heterocycles. The van der Waals surface area contributed by atoms with Gasteiger partial charge in [0.05, 0.1) is 12.2 Å². The fourth-order valence-corrected chi connectivity index (χ4v) is 2.02. The van der Waals surface area contributed by atoms with E-state index in [1.807, 2.05) is 25.1 Å². The maximum atomic E-state index is 12.0.